The average Bonchev–Trinajstić information content (AvgIpc) is 3.06. The van der Waals surface area contributed by atoms with Crippen molar-refractivity contribution in [2.75, 3.05) is 40.0 Å². The van der Waals surface area contributed by atoms with Crippen LogP contribution in [0.3, 0.4) is 0 Å². The van der Waals surface area contributed by atoms with Crippen LogP contribution in [0.4, 0.5) is 0 Å². The first-order valence-electron chi connectivity index (χ1n) is 7.99. The fourth-order valence-corrected chi connectivity index (χ4v) is 3.23. The number of hydrogen-bond donors (Lipinski definition) is 1. The molecular formula is C17H25ClN2O3. The highest BCUT2D eigenvalue weighted by Gasteiger charge is 2.29. The van der Waals surface area contributed by atoms with Crippen LogP contribution in [-0.4, -0.2) is 56.8 Å². The first-order valence-corrected chi connectivity index (χ1v) is 7.99. The van der Waals surface area contributed by atoms with E-state index in [-0.39, 0.29) is 24.4 Å². The number of carbonyl (C=O) groups excluding carboxylic acids is 1. The molecule has 2 aliphatic heterocycles. The molecule has 2 saturated heterocycles. The van der Waals surface area contributed by atoms with E-state index in [1.807, 2.05) is 17.0 Å². The van der Waals surface area contributed by atoms with Crippen LogP contribution in [0.5, 0.6) is 5.75 Å². The van der Waals surface area contributed by atoms with Crippen molar-refractivity contribution in [2.24, 2.45) is 0 Å². The van der Waals surface area contributed by atoms with Crippen LogP contribution < -0.4 is 10.1 Å². The molecule has 2 atom stereocenters. The predicted molar refractivity (Wildman–Crippen MR) is 91.4 cm³/mol. The summed E-state index contributed by atoms with van der Waals surface area (Å²) in [5.74, 6) is 1.54. The van der Waals surface area contributed by atoms with Gasteiger partial charge in [0.05, 0.1) is 20.3 Å². The van der Waals surface area contributed by atoms with Crippen LogP contribution in [0, 0.1) is 0 Å². The summed E-state index contributed by atoms with van der Waals surface area (Å²) in [5.41, 5.74) is 1.29. The second kappa shape index (κ2) is 8.52. The van der Waals surface area contributed by atoms with E-state index in [2.05, 4.69) is 17.4 Å². The number of rotatable bonds is 4. The van der Waals surface area contributed by atoms with Crippen molar-refractivity contribution >= 4 is 18.3 Å². The van der Waals surface area contributed by atoms with Gasteiger partial charge in [0.25, 0.3) is 0 Å². The summed E-state index contributed by atoms with van der Waals surface area (Å²) in [5, 5.41) is 3.34. The molecule has 2 fully saturated rings. The molecule has 0 aliphatic carbocycles. The Bertz CT molecular complexity index is 503. The zero-order valence-electron chi connectivity index (χ0n) is 13.5. The van der Waals surface area contributed by atoms with Gasteiger partial charge in [-0.2, -0.15) is 0 Å². The topological polar surface area (TPSA) is 50.8 Å². The maximum atomic E-state index is 12.4. The molecule has 2 unspecified atom stereocenters. The first-order chi connectivity index (χ1) is 10.8. The molecule has 0 aromatic heterocycles. The smallest absolute Gasteiger partial charge is 0.224 e. The molecule has 0 spiro atoms. The van der Waals surface area contributed by atoms with Crippen LogP contribution >= 0.6 is 12.4 Å². The van der Waals surface area contributed by atoms with Gasteiger partial charge in [0, 0.05) is 38.0 Å². The molecule has 6 heteroatoms. The maximum absolute atomic E-state index is 12.4. The zero-order chi connectivity index (χ0) is 15.4. The van der Waals surface area contributed by atoms with Crippen molar-refractivity contribution in [1.29, 1.82) is 0 Å². The lowest BCUT2D eigenvalue weighted by Crippen LogP contribution is -2.44. The van der Waals surface area contributed by atoms with Crippen molar-refractivity contribution in [3.05, 3.63) is 29.8 Å². The lowest BCUT2D eigenvalue weighted by Gasteiger charge is -2.25. The van der Waals surface area contributed by atoms with E-state index >= 15 is 0 Å². The minimum atomic E-state index is 0. The maximum Gasteiger partial charge on any atom is 0.224 e. The molecule has 23 heavy (non-hydrogen) atoms. The third-order valence-corrected chi connectivity index (χ3v) is 4.55. The summed E-state index contributed by atoms with van der Waals surface area (Å²) in [7, 11) is 1.67. The summed E-state index contributed by atoms with van der Waals surface area (Å²) in [4.78, 5) is 14.4. The summed E-state index contributed by atoms with van der Waals surface area (Å²) < 4.78 is 10.6. The normalized spacial score (nSPS) is 24.1. The van der Waals surface area contributed by atoms with Gasteiger partial charge in [-0.3, -0.25) is 4.79 Å². The van der Waals surface area contributed by atoms with Crippen LogP contribution in [0.1, 0.15) is 24.3 Å². The van der Waals surface area contributed by atoms with Gasteiger partial charge < -0.3 is 19.7 Å². The summed E-state index contributed by atoms with van der Waals surface area (Å²) in [6, 6.07) is 8.36. The molecule has 1 aromatic rings. The number of morpholine rings is 1. The highest BCUT2D eigenvalue weighted by Crippen LogP contribution is 2.28. The number of benzene rings is 1. The van der Waals surface area contributed by atoms with E-state index in [0.717, 1.165) is 38.4 Å². The molecule has 1 aromatic carbocycles. The molecule has 2 aliphatic rings. The minimum absolute atomic E-state index is 0. The Morgan fingerprint density at radius 3 is 2.83 bits per heavy atom. The number of halogens is 1. The number of nitrogens with one attached hydrogen (secondary N) is 1. The standard InChI is InChI=1S/C17H24N2O3.ClH/c1-21-16-4-2-13(3-5-16)14-6-8-19(11-14)17(20)10-15-12-22-9-7-18-15;/h2-5,14-15,18H,6-12H2,1H3;1H. The second-order valence-electron chi connectivity index (χ2n) is 6.03. The highest BCUT2D eigenvalue weighted by atomic mass is 35.5. The first kappa shape index (κ1) is 18.0. The Kier molecular flexibility index (Phi) is 6.69. The van der Waals surface area contributed by atoms with Crippen LogP contribution in [0.2, 0.25) is 0 Å². The van der Waals surface area contributed by atoms with Crippen molar-refractivity contribution in [1.82, 2.24) is 10.2 Å². The van der Waals surface area contributed by atoms with Crippen molar-refractivity contribution in [2.45, 2.75) is 24.8 Å². The summed E-state index contributed by atoms with van der Waals surface area (Å²) in [6.07, 6.45) is 1.57. The molecule has 0 saturated carbocycles. The van der Waals surface area contributed by atoms with Crippen LogP contribution in [-0.2, 0) is 9.53 Å². The Labute approximate surface area is 143 Å². The van der Waals surface area contributed by atoms with Gasteiger partial charge in [-0.15, -0.1) is 12.4 Å². The van der Waals surface area contributed by atoms with E-state index in [9.17, 15) is 4.79 Å². The Morgan fingerprint density at radius 1 is 1.39 bits per heavy atom. The minimum Gasteiger partial charge on any atom is -0.497 e. The number of carbonyl (C=O) groups is 1. The highest BCUT2D eigenvalue weighted by molar-refractivity contribution is 5.85. The fraction of sp³-hybridized carbons (Fsp3) is 0.588. The number of nitrogens with zero attached hydrogens (tertiary/aromatic N) is 1. The van der Waals surface area contributed by atoms with E-state index in [0.29, 0.717) is 18.9 Å². The van der Waals surface area contributed by atoms with Gasteiger partial charge in [0.2, 0.25) is 5.91 Å². The summed E-state index contributed by atoms with van der Waals surface area (Å²) >= 11 is 0. The number of methoxy groups -OCH3 is 1. The zero-order valence-corrected chi connectivity index (χ0v) is 14.3. The third kappa shape index (κ3) is 4.59. The fourth-order valence-electron chi connectivity index (χ4n) is 3.23. The van der Waals surface area contributed by atoms with E-state index in [1.165, 1.54) is 5.56 Å². The van der Waals surface area contributed by atoms with Gasteiger partial charge in [-0.25, -0.2) is 0 Å². The number of amides is 1. The second-order valence-corrected chi connectivity index (χ2v) is 6.03. The van der Waals surface area contributed by atoms with Gasteiger partial charge >= 0.3 is 0 Å². The lowest BCUT2D eigenvalue weighted by molar-refractivity contribution is -0.131. The lowest BCUT2D eigenvalue weighted by atomic mass is 9.98. The molecule has 0 radical (unpaired) electrons. The molecule has 128 valence electrons. The molecule has 3 rings (SSSR count). The molecular weight excluding hydrogens is 316 g/mol. The van der Waals surface area contributed by atoms with Crippen LogP contribution in [0.15, 0.2) is 24.3 Å². The van der Waals surface area contributed by atoms with Crippen molar-refractivity contribution in [3.63, 3.8) is 0 Å². The number of hydrogen-bond acceptors (Lipinski definition) is 4. The van der Waals surface area contributed by atoms with E-state index in [1.54, 1.807) is 7.11 Å². The van der Waals surface area contributed by atoms with Gasteiger partial charge in [-0.05, 0) is 24.1 Å². The third-order valence-electron chi connectivity index (χ3n) is 4.55. The summed E-state index contributed by atoms with van der Waals surface area (Å²) in [6.45, 7) is 3.89. The van der Waals surface area contributed by atoms with Gasteiger partial charge in [0.1, 0.15) is 5.75 Å². The Morgan fingerprint density at radius 2 is 2.17 bits per heavy atom. The van der Waals surface area contributed by atoms with E-state index in [4.69, 9.17) is 9.47 Å². The molecule has 0 bridgehead atoms. The molecule has 1 amide bonds. The SMILES string of the molecule is COc1ccc(C2CCN(C(=O)CC3COCCN3)C2)cc1.Cl. The number of likely N-dealkylation sites (tertiary alicyclic amines) is 1. The van der Waals surface area contributed by atoms with Crippen molar-refractivity contribution in [3.8, 4) is 5.75 Å². The largest absolute Gasteiger partial charge is 0.497 e. The predicted octanol–water partition coefficient (Wildman–Crippen LogP) is 1.81. The van der Waals surface area contributed by atoms with E-state index < -0.39 is 0 Å². The quantitative estimate of drug-likeness (QED) is 0.908. The Balaban J connectivity index is 0.00000192. The Hall–Kier alpha value is -1.30. The number of ether oxygens (including phenoxy) is 2. The van der Waals surface area contributed by atoms with Gasteiger partial charge in [0.15, 0.2) is 0 Å². The molecule has 5 nitrogen and oxygen atoms in total. The van der Waals surface area contributed by atoms with Crippen LogP contribution in [0.25, 0.3) is 0 Å². The monoisotopic (exact) mass is 340 g/mol. The average molecular weight is 341 g/mol. The molecule has 2 heterocycles. The van der Waals surface area contributed by atoms with Crippen molar-refractivity contribution < 1.29 is 14.3 Å². The molecule has 1 N–H and O–H groups in total. The van der Waals surface area contributed by atoms with Gasteiger partial charge in [-0.1, -0.05) is 12.1 Å².